The van der Waals surface area contributed by atoms with Gasteiger partial charge in [-0.05, 0) is 31.4 Å². The van der Waals surface area contributed by atoms with Crippen molar-refractivity contribution in [2.24, 2.45) is 0 Å². The fourth-order valence-electron chi connectivity index (χ4n) is 1.11. The Morgan fingerprint density at radius 1 is 1.77 bits per heavy atom. The van der Waals surface area contributed by atoms with Crippen molar-refractivity contribution in [2.45, 2.75) is 25.8 Å². The highest BCUT2D eigenvalue weighted by atomic mass is 32.1. The summed E-state index contributed by atoms with van der Waals surface area (Å²) < 4.78 is 3.85. The molecule has 0 aliphatic rings. The molecule has 4 heteroatoms. The van der Waals surface area contributed by atoms with Crippen LogP contribution in [0.3, 0.4) is 0 Å². The fourth-order valence-corrected chi connectivity index (χ4v) is 1.62. The normalized spacial score (nSPS) is 12.8. The van der Waals surface area contributed by atoms with Crippen molar-refractivity contribution in [3.05, 3.63) is 23.2 Å². The summed E-state index contributed by atoms with van der Waals surface area (Å²) in [6.45, 7) is 6.11. The van der Waals surface area contributed by atoms with Crippen molar-refractivity contribution in [3.63, 3.8) is 0 Å². The Balaban J connectivity index is 2.58. The van der Waals surface area contributed by atoms with E-state index >= 15 is 0 Å². The summed E-state index contributed by atoms with van der Waals surface area (Å²) >= 11 is 1.39. The van der Waals surface area contributed by atoms with Crippen LogP contribution in [0.2, 0.25) is 0 Å². The molecule has 0 fully saturated rings. The second-order valence-electron chi connectivity index (χ2n) is 2.98. The molecule has 0 bridgehead atoms. The molecule has 1 N–H and O–H groups in total. The number of hydrogen-bond acceptors (Lipinski definition) is 4. The number of rotatable bonds is 5. The van der Waals surface area contributed by atoms with Gasteiger partial charge in [0.1, 0.15) is 0 Å². The Hall–Kier alpha value is -0.740. The molecule has 1 unspecified atom stereocenters. The largest absolute Gasteiger partial charge is 0.311 e. The van der Waals surface area contributed by atoms with Gasteiger partial charge in [-0.15, -0.1) is 5.10 Å². The average Bonchev–Trinajstić information content (AvgIpc) is 2.66. The van der Waals surface area contributed by atoms with Crippen LogP contribution in [0.5, 0.6) is 0 Å². The molecule has 0 amide bonds. The number of aromatic nitrogens is 2. The molecule has 0 saturated heterocycles. The minimum absolute atomic E-state index is 0.270. The quantitative estimate of drug-likeness (QED) is 0.735. The predicted octanol–water partition coefficient (Wildman–Crippen LogP) is 2.15. The van der Waals surface area contributed by atoms with Crippen LogP contribution >= 0.6 is 11.5 Å². The van der Waals surface area contributed by atoms with E-state index in [0.717, 1.165) is 18.5 Å². The van der Waals surface area contributed by atoms with Gasteiger partial charge in [0.15, 0.2) is 0 Å². The van der Waals surface area contributed by atoms with Crippen LogP contribution in [0.15, 0.2) is 17.5 Å². The fraction of sp³-hybridized carbons (Fsp3) is 0.556. The zero-order valence-electron chi connectivity index (χ0n) is 8.08. The van der Waals surface area contributed by atoms with E-state index in [1.54, 1.807) is 0 Å². The Morgan fingerprint density at radius 2 is 2.54 bits per heavy atom. The Morgan fingerprint density at radius 3 is 3.00 bits per heavy atom. The highest BCUT2D eigenvalue weighted by molar-refractivity contribution is 7.03. The maximum absolute atomic E-state index is 4.04. The van der Waals surface area contributed by atoms with Crippen LogP contribution in [0.1, 0.15) is 31.5 Å². The molecule has 0 radical (unpaired) electrons. The summed E-state index contributed by atoms with van der Waals surface area (Å²) in [5.74, 6) is 0. The van der Waals surface area contributed by atoms with E-state index in [1.807, 2.05) is 12.4 Å². The number of nitrogens with zero attached hydrogens (tertiary/aromatic N) is 2. The average molecular weight is 197 g/mol. The van der Waals surface area contributed by atoms with E-state index in [1.165, 1.54) is 17.1 Å². The lowest BCUT2D eigenvalue weighted by atomic mass is 10.0. The van der Waals surface area contributed by atoms with Crippen molar-refractivity contribution >= 4 is 11.5 Å². The number of hydrogen-bond donors (Lipinski definition) is 1. The maximum atomic E-state index is 4.04. The predicted molar refractivity (Wildman–Crippen MR) is 55.8 cm³/mol. The third-order valence-electron chi connectivity index (χ3n) is 2.08. The van der Waals surface area contributed by atoms with E-state index in [0.29, 0.717) is 0 Å². The van der Waals surface area contributed by atoms with E-state index in [4.69, 9.17) is 0 Å². The smallest absolute Gasteiger partial charge is 0.0927 e. The van der Waals surface area contributed by atoms with Gasteiger partial charge in [0.05, 0.1) is 11.7 Å². The van der Waals surface area contributed by atoms with Gasteiger partial charge in [0.25, 0.3) is 0 Å². The molecule has 1 atom stereocenters. The monoisotopic (exact) mass is 197 g/mol. The van der Waals surface area contributed by atoms with Crippen LogP contribution < -0.4 is 5.32 Å². The van der Waals surface area contributed by atoms with E-state index < -0.39 is 0 Å². The van der Waals surface area contributed by atoms with Gasteiger partial charge in [-0.3, -0.25) is 0 Å². The molecule has 0 aromatic carbocycles. The molecule has 1 aromatic rings. The molecular weight excluding hydrogens is 182 g/mol. The molecule has 0 spiro atoms. The molecular formula is C9H15N3S. The first-order valence-corrected chi connectivity index (χ1v) is 5.22. The van der Waals surface area contributed by atoms with Crippen molar-refractivity contribution < 1.29 is 0 Å². The zero-order valence-corrected chi connectivity index (χ0v) is 8.90. The molecule has 72 valence electrons. The Kier molecular flexibility index (Phi) is 4.05. The van der Waals surface area contributed by atoms with Gasteiger partial charge in [-0.2, -0.15) is 0 Å². The van der Waals surface area contributed by atoms with Gasteiger partial charge in [-0.25, -0.2) is 0 Å². The summed E-state index contributed by atoms with van der Waals surface area (Å²) in [5, 5.41) is 9.23. The summed E-state index contributed by atoms with van der Waals surface area (Å²) in [4.78, 5) is 0. The van der Waals surface area contributed by atoms with Crippen LogP contribution in [0.4, 0.5) is 0 Å². The Labute approximate surface area is 83.0 Å². The molecule has 3 nitrogen and oxygen atoms in total. The molecule has 0 aliphatic carbocycles. The van der Waals surface area contributed by atoms with E-state index in [2.05, 4.69) is 28.4 Å². The second kappa shape index (κ2) is 5.09. The van der Waals surface area contributed by atoms with Crippen LogP contribution in [0.25, 0.3) is 0 Å². The van der Waals surface area contributed by atoms with Gasteiger partial charge < -0.3 is 5.32 Å². The third-order valence-corrected chi connectivity index (χ3v) is 2.60. The first-order chi connectivity index (χ1) is 6.27. The van der Waals surface area contributed by atoms with Crippen LogP contribution in [-0.2, 0) is 0 Å². The van der Waals surface area contributed by atoms with Crippen molar-refractivity contribution in [2.75, 3.05) is 7.05 Å². The molecule has 0 saturated carbocycles. The second-order valence-corrected chi connectivity index (χ2v) is 3.59. The molecule has 13 heavy (non-hydrogen) atoms. The summed E-state index contributed by atoms with van der Waals surface area (Å²) in [6.07, 6.45) is 1.97. The van der Waals surface area contributed by atoms with Crippen LogP contribution in [-0.4, -0.2) is 16.6 Å². The highest BCUT2D eigenvalue weighted by Crippen LogP contribution is 2.19. The van der Waals surface area contributed by atoms with Gasteiger partial charge in [0, 0.05) is 5.38 Å². The highest BCUT2D eigenvalue weighted by Gasteiger charge is 2.12. The van der Waals surface area contributed by atoms with E-state index in [-0.39, 0.29) is 6.04 Å². The minimum Gasteiger partial charge on any atom is -0.311 e. The number of nitrogens with one attached hydrogen (secondary N) is 1. The molecule has 1 heterocycles. The molecule has 1 rings (SSSR count). The first-order valence-electron chi connectivity index (χ1n) is 4.38. The maximum Gasteiger partial charge on any atom is 0.0927 e. The summed E-state index contributed by atoms with van der Waals surface area (Å²) in [7, 11) is 1.94. The zero-order chi connectivity index (χ0) is 9.68. The summed E-state index contributed by atoms with van der Waals surface area (Å²) in [5.41, 5.74) is 2.26. The lowest BCUT2D eigenvalue weighted by Gasteiger charge is -2.13. The van der Waals surface area contributed by atoms with Crippen molar-refractivity contribution in [1.29, 1.82) is 0 Å². The SMILES string of the molecule is C=C(CC)CC(NC)c1csnn1. The molecule has 0 aliphatic heterocycles. The first kappa shape index (κ1) is 10.3. The minimum atomic E-state index is 0.270. The van der Waals surface area contributed by atoms with Gasteiger partial charge in [0.2, 0.25) is 0 Å². The van der Waals surface area contributed by atoms with Crippen LogP contribution in [0, 0.1) is 0 Å². The van der Waals surface area contributed by atoms with Crippen molar-refractivity contribution in [3.8, 4) is 0 Å². The molecule has 1 aromatic heterocycles. The third kappa shape index (κ3) is 2.90. The lowest BCUT2D eigenvalue weighted by molar-refractivity contribution is 0.566. The lowest BCUT2D eigenvalue weighted by Crippen LogP contribution is -2.17. The topological polar surface area (TPSA) is 37.8 Å². The van der Waals surface area contributed by atoms with Gasteiger partial charge >= 0.3 is 0 Å². The van der Waals surface area contributed by atoms with E-state index in [9.17, 15) is 0 Å². The van der Waals surface area contributed by atoms with Crippen molar-refractivity contribution in [1.82, 2.24) is 14.9 Å². The standard InChI is InChI=1S/C9H15N3S/c1-4-7(2)5-8(10-3)9-6-13-12-11-9/h6,8,10H,2,4-5H2,1,3H3. The summed E-state index contributed by atoms with van der Waals surface area (Å²) in [6, 6.07) is 0.270. The Bertz CT molecular complexity index is 256. The van der Waals surface area contributed by atoms with Gasteiger partial charge in [-0.1, -0.05) is 23.6 Å².